The first kappa shape index (κ1) is 25.9. The lowest BCUT2D eigenvalue weighted by Crippen LogP contribution is -2.47. The number of hydrogen-bond donors (Lipinski definition) is 0. The summed E-state index contributed by atoms with van der Waals surface area (Å²) in [4.78, 5) is 20.3. The average Bonchev–Trinajstić information content (AvgIpc) is 3.32. The zero-order valence-electron chi connectivity index (χ0n) is 20.8. The second-order valence-corrected chi connectivity index (χ2v) is 10.7. The van der Waals surface area contributed by atoms with E-state index in [-0.39, 0.29) is 12.2 Å². The minimum Gasteiger partial charge on any atom is -0.379 e. The first-order chi connectivity index (χ1) is 17.9. The summed E-state index contributed by atoms with van der Waals surface area (Å²) >= 11 is 12.2. The molecule has 2 aliphatic rings. The van der Waals surface area contributed by atoms with Crippen LogP contribution in [-0.4, -0.2) is 57.8 Å². The molecule has 0 unspecified atom stereocenters. The molecule has 1 saturated carbocycles. The largest absolute Gasteiger partial charge is 0.379 e. The molecule has 0 atom stereocenters. The highest BCUT2D eigenvalue weighted by Crippen LogP contribution is 2.39. The number of pyridine rings is 1. The fourth-order valence-electron chi connectivity index (χ4n) is 5.48. The molecule has 3 aromatic rings. The number of aromatic nitrogens is 3. The van der Waals surface area contributed by atoms with Crippen molar-refractivity contribution in [1.29, 1.82) is 5.26 Å². The van der Waals surface area contributed by atoms with E-state index in [9.17, 15) is 10.1 Å². The van der Waals surface area contributed by atoms with Crippen molar-refractivity contribution in [3.63, 3.8) is 0 Å². The van der Waals surface area contributed by atoms with Gasteiger partial charge in [-0.15, -0.1) is 0 Å². The van der Waals surface area contributed by atoms with Crippen LogP contribution in [-0.2, 0) is 16.6 Å². The molecule has 0 radical (unpaired) electrons. The van der Waals surface area contributed by atoms with Crippen molar-refractivity contribution in [3.8, 4) is 11.8 Å². The Bertz CT molecular complexity index is 1320. The van der Waals surface area contributed by atoms with Crippen molar-refractivity contribution >= 4 is 29.0 Å². The predicted molar refractivity (Wildman–Crippen MR) is 143 cm³/mol. The summed E-state index contributed by atoms with van der Waals surface area (Å²) in [5.41, 5.74) is 3.06. The molecular weight excluding hydrogens is 509 g/mol. The van der Waals surface area contributed by atoms with Gasteiger partial charge in [-0.1, -0.05) is 29.3 Å². The van der Waals surface area contributed by atoms with Crippen LogP contribution in [0, 0.1) is 18.3 Å². The Balaban J connectivity index is 1.25. The minimum absolute atomic E-state index is 0.0422. The third kappa shape index (κ3) is 5.30. The van der Waals surface area contributed by atoms with Crippen LogP contribution in [0.15, 0.2) is 42.7 Å². The summed E-state index contributed by atoms with van der Waals surface area (Å²) in [5.74, 6) is -0.0422. The second-order valence-electron chi connectivity index (χ2n) is 9.88. The predicted octanol–water partition coefficient (Wildman–Crippen LogP) is 5.34. The van der Waals surface area contributed by atoms with Crippen LogP contribution in [0.1, 0.15) is 53.0 Å². The normalized spacial score (nSPS) is 22.5. The SMILES string of the molecule is Cc1c(C(=O)Cc2ccc(C3(C#N)CCC(N4CCOCC4)CC3)nc2)cnn1-c1ccc(Cl)c(Cl)c1. The van der Waals surface area contributed by atoms with E-state index in [0.29, 0.717) is 21.7 Å². The van der Waals surface area contributed by atoms with Gasteiger partial charge in [0.1, 0.15) is 0 Å². The fourth-order valence-corrected chi connectivity index (χ4v) is 5.77. The molecule has 1 saturated heterocycles. The second kappa shape index (κ2) is 10.9. The third-order valence-electron chi connectivity index (χ3n) is 7.72. The van der Waals surface area contributed by atoms with Crippen LogP contribution in [0.5, 0.6) is 0 Å². The maximum absolute atomic E-state index is 13.1. The molecule has 2 fully saturated rings. The van der Waals surface area contributed by atoms with E-state index in [1.807, 2.05) is 25.1 Å². The molecule has 3 heterocycles. The van der Waals surface area contributed by atoms with Gasteiger partial charge < -0.3 is 4.74 Å². The van der Waals surface area contributed by atoms with E-state index in [2.05, 4.69) is 21.1 Å². The Morgan fingerprint density at radius 2 is 1.89 bits per heavy atom. The molecule has 0 N–H and O–H groups in total. The number of hydrogen-bond acceptors (Lipinski definition) is 6. The smallest absolute Gasteiger partial charge is 0.170 e. The van der Waals surface area contributed by atoms with Crippen molar-refractivity contribution in [2.24, 2.45) is 0 Å². The van der Waals surface area contributed by atoms with Crippen molar-refractivity contribution in [2.75, 3.05) is 26.3 Å². The van der Waals surface area contributed by atoms with Crippen LogP contribution < -0.4 is 0 Å². The summed E-state index contributed by atoms with van der Waals surface area (Å²) in [7, 11) is 0. The Morgan fingerprint density at radius 3 is 2.54 bits per heavy atom. The molecule has 7 nitrogen and oxygen atoms in total. The number of benzene rings is 1. The number of carbonyl (C=O) groups excluding carboxylic acids is 1. The Kier molecular flexibility index (Phi) is 7.64. The zero-order chi connectivity index (χ0) is 26.0. The molecular formula is C28H29Cl2N5O2. The van der Waals surface area contributed by atoms with Gasteiger partial charge >= 0.3 is 0 Å². The quantitative estimate of drug-likeness (QED) is 0.394. The van der Waals surface area contributed by atoms with Gasteiger partial charge in [-0.05, 0) is 62.4 Å². The summed E-state index contributed by atoms with van der Waals surface area (Å²) in [5, 5.41) is 15.4. The van der Waals surface area contributed by atoms with E-state index in [4.69, 9.17) is 27.9 Å². The lowest BCUT2D eigenvalue weighted by Gasteiger charge is -2.41. The standard InChI is InChI=1S/C28H29Cl2N5O2/c1-19-23(17-33-35(19)22-3-4-24(29)25(30)15-22)26(36)14-20-2-5-27(32-16-20)28(18-31)8-6-21(7-9-28)34-10-12-37-13-11-34/h2-5,15-17,21H,6-14H2,1H3. The molecule has 37 heavy (non-hydrogen) atoms. The van der Waals surface area contributed by atoms with Gasteiger partial charge in [-0.3, -0.25) is 14.7 Å². The Labute approximate surface area is 227 Å². The summed E-state index contributed by atoms with van der Waals surface area (Å²) < 4.78 is 7.16. The molecule has 2 aromatic heterocycles. The number of nitriles is 1. The van der Waals surface area contributed by atoms with Crippen LogP contribution in [0.25, 0.3) is 5.69 Å². The third-order valence-corrected chi connectivity index (χ3v) is 8.46. The highest BCUT2D eigenvalue weighted by atomic mass is 35.5. The van der Waals surface area contributed by atoms with Gasteiger partial charge in [-0.2, -0.15) is 10.4 Å². The topological polar surface area (TPSA) is 84.0 Å². The number of rotatable bonds is 6. The number of halogens is 2. The minimum atomic E-state index is -0.567. The molecule has 5 rings (SSSR count). The van der Waals surface area contributed by atoms with E-state index in [1.165, 1.54) is 0 Å². The molecule has 0 spiro atoms. The Morgan fingerprint density at radius 1 is 1.14 bits per heavy atom. The van der Waals surface area contributed by atoms with Gasteiger partial charge in [0, 0.05) is 31.7 Å². The van der Waals surface area contributed by atoms with Crippen LogP contribution >= 0.6 is 23.2 Å². The van der Waals surface area contributed by atoms with Crippen LogP contribution in [0.2, 0.25) is 10.0 Å². The molecule has 1 aliphatic carbocycles. The highest BCUT2D eigenvalue weighted by molar-refractivity contribution is 6.42. The molecule has 192 valence electrons. The first-order valence-corrected chi connectivity index (χ1v) is 13.4. The zero-order valence-corrected chi connectivity index (χ0v) is 22.3. The number of carbonyl (C=O) groups is 1. The number of ether oxygens (including phenoxy) is 1. The van der Waals surface area contributed by atoms with Crippen LogP contribution in [0.4, 0.5) is 0 Å². The van der Waals surface area contributed by atoms with Gasteiger partial charge in [-0.25, -0.2) is 4.68 Å². The number of morpholine rings is 1. The number of ketones is 1. The van der Waals surface area contributed by atoms with Crippen molar-refractivity contribution in [1.82, 2.24) is 19.7 Å². The van der Waals surface area contributed by atoms with E-state index in [1.54, 1.807) is 29.2 Å². The van der Waals surface area contributed by atoms with Crippen LogP contribution in [0.3, 0.4) is 0 Å². The monoisotopic (exact) mass is 537 g/mol. The van der Waals surface area contributed by atoms with Gasteiger partial charge in [0.15, 0.2) is 5.78 Å². The van der Waals surface area contributed by atoms with Crippen molar-refractivity contribution in [3.05, 3.63) is 75.3 Å². The van der Waals surface area contributed by atoms with E-state index in [0.717, 1.165) is 74.6 Å². The maximum Gasteiger partial charge on any atom is 0.170 e. The molecule has 0 bridgehead atoms. The van der Waals surface area contributed by atoms with Crippen molar-refractivity contribution in [2.45, 2.75) is 50.5 Å². The number of Topliss-reactive ketones (excluding diaryl/α,β-unsaturated/α-hetero) is 1. The molecule has 9 heteroatoms. The van der Waals surface area contributed by atoms with Gasteiger partial charge in [0.25, 0.3) is 0 Å². The average molecular weight is 538 g/mol. The van der Waals surface area contributed by atoms with Gasteiger partial charge in [0.2, 0.25) is 0 Å². The molecule has 1 aliphatic heterocycles. The summed E-state index contributed by atoms with van der Waals surface area (Å²) in [6.45, 7) is 5.37. The van der Waals surface area contributed by atoms with E-state index >= 15 is 0 Å². The molecule has 0 amide bonds. The number of nitrogens with zero attached hydrogens (tertiary/aromatic N) is 5. The summed E-state index contributed by atoms with van der Waals surface area (Å²) in [6, 6.07) is 12.2. The van der Waals surface area contributed by atoms with E-state index < -0.39 is 5.41 Å². The molecule has 1 aromatic carbocycles. The lowest BCUT2D eigenvalue weighted by molar-refractivity contribution is 0.00493. The Hall–Kier alpha value is -2.76. The first-order valence-electron chi connectivity index (χ1n) is 12.6. The highest BCUT2D eigenvalue weighted by Gasteiger charge is 2.40. The van der Waals surface area contributed by atoms with Gasteiger partial charge in [0.05, 0.1) is 63.6 Å². The lowest BCUT2D eigenvalue weighted by atomic mass is 9.71. The fraction of sp³-hybridized carbons (Fsp3) is 0.429. The van der Waals surface area contributed by atoms with Crippen molar-refractivity contribution < 1.29 is 9.53 Å². The maximum atomic E-state index is 13.1. The summed E-state index contributed by atoms with van der Waals surface area (Å²) in [6.07, 6.45) is 7.08.